The van der Waals surface area contributed by atoms with Gasteiger partial charge in [-0.3, -0.25) is 0 Å². The van der Waals surface area contributed by atoms with Crippen molar-refractivity contribution in [3.63, 3.8) is 0 Å². The van der Waals surface area contributed by atoms with Crippen LogP contribution in [-0.2, 0) is 4.74 Å². The second kappa shape index (κ2) is 8.46. The van der Waals surface area contributed by atoms with Crippen LogP contribution in [0.4, 0.5) is 22.4 Å². The third-order valence-electron chi connectivity index (χ3n) is 5.18. The molecule has 4 rings (SSSR count). The number of piperazine rings is 1. The Morgan fingerprint density at radius 3 is 2.47 bits per heavy atom. The van der Waals surface area contributed by atoms with E-state index in [-0.39, 0.29) is 12.0 Å². The fourth-order valence-electron chi connectivity index (χ4n) is 3.65. The van der Waals surface area contributed by atoms with Crippen molar-refractivity contribution in [1.82, 2.24) is 19.9 Å². The molecule has 0 bridgehead atoms. The average Bonchev–Trinajstić information content (AvgIpc) is 2.77. The van der Waals surface area contributed by atoms with Gasteiger partial charge in [0.15, 0.2) is 5.82 Å². The topological polar surface area (TPSA) is 136 Å². The number of hydrogen-bond acceptors (Lipinski definition) is 9. The second-order valence-electron chi connectivity index (χ2n) is 8.66. The lowest BCUT2D eigenvalue weighted by atomic mass is 10.0. The molecule has 32 heavy (non-hydrogen) atoms. The number of anilines is 3. The van der Waals surface area contributed by atoms with Crippen LogP contribution in [0.25, 0.3) is 22.0 Å². The van der Waals surface area contributed by atoms with Crippen LogP contribution in [0, 0.1) is 0 Å². The number of aromatic nitrogens is 3. The standard InChI is InChI=1S/C22H28N8O2/c1-22(2,3)32-21(31)30-10-8-29(9-11-30)18-13-15(6-7-25-18)14-4-5-17-16(12-14)19(28-24)27-20(23)26-17/h4-7,12-13H,8-11,24H2,1-3H3,(H3,23,26,27,28). The van der Waals surface area contributed by atoms with Crippen LogP contribution in [0.2, 0.25) is 0 Å². The van der Waals surface area contributed by atoms with E-state index in [9.17, 15) is 4.79 Å². The van der Waals surface area contributed by atoms with E-state index >= 15 is 0 Å². The number of hydrogen-bond donors (Lipinski definition) is 3. The number of pyridine rings is 1. The molecule has 1 fully saturated rings. The van der Waals surface area contributed by atoms with Crippen LogP contribution >= 0.6 is 0 Å². The maximum Gasteiger partial charge on any atom is 0.410 e. The fourth-order valence-corrected chi connectivity index (χ4v) is 3.65. The summed E-state index contributed by atoms with van der Waals surface area (Å²) in [7, 11) is 0. The smallest absolute Gasteiger partial charge is 0.410 e. The number of fused-ring (bicyclic) bond motifs is 1. The Bertz CT molecular complexity index is 1140. The first-order valence-corrected chi connectivity index (χ1v) is 10.5. The lowest BCUT2D eigenvalue weighted by Gasteiger charge is -2.36. The normalized spacial score (nSPS) is 14.5. The highest BCUT2D eigenvalue weighted by atomic mass is 16.6. The Morgan fingerprint density at radius 2 is 1.78 bits per heavy atom. The number of carbonyl (C=O) groups excluding carboxylic acids is 1. The zero-order chi connectivity index (χ0) is 22.9. The van der Waals surface area contributed by atoms with E-state index in [0.717, 1.165) is 22.3 Å². The predicted molar refractivity (Wildman–Crippen MR) is 125 cm³/mol. The van der Waals surface area contributed by atoms with Crippen LogP contribution in [0.1, 0.15) is 20.8 Å². The number of hydrazine groups is 1. The van der Waals surface area contributed by atoms with E-state index in [2.05, 4.69) is 25.3 Å². The van der Waals surface area contributed by atoms with E-state index in [0.29, 0.717) is 37.5 Å². The minimum Gasteiger partial charge on any atom is -0.444 e. The van der Waals surface area contributed by atoms with Gasteiger partial charge in [-0.1, -0.05) is 6.07 Å². The van der Waals surface area contributed by atoms with Gasteiger partial charge in [0.1, 0.15) is 11.4 Å². The molecule has 0 saturated carbocycles. The Kier molecular flexibility index (Phi) is 5.70. The molecule has 1 aromatic carbocycles. The van der Waals surface area contributed by atoms with Crippen molar-refractivity contribution in [2.75, 3.05) is 42.2 Å². The van der Waals surface area contributed by atoms with Gasteiger partial charge < -0.3 is 25.7 Å². The summed E-state index contributed by atoms with van der Waals surface area (Å²) in [6.07, 6.45) is 1.51. The summed E-state index contributed by atoms with van der Waals surface area (Å²) >= 11 is 0. The molecule has 0 atom stereocenters. The first kappa shape index (κ1) is 21.6. The van der Waals surface area contributed by atoms with Gasteiger partial charge in [0.25, 0.3) is 0 Å². The summed E-state index contributed by atoms with van der Waals surface area (Å²) in [5.74, 6) is 7.11. The summed E-state index contributed by atoms with van der Waals surface area (Å²) in [5, 5.41) is 0.781. The number of amides is 1. The van der Waals surface area contributed by atoms with Gasteiger partial charge in [0.2, 0.25) is 5.95 Å². The number of nitrogens with zero attached hydrogens (tertiary/aromatic N) is 5. The molecule has 1 aliphatic rings. The first-order chi connectivity index (χ1) is 15.2. The van der Waals surface area contributed by atoms with Crippen molar-refractivity contribution in [1.29, 1.82) is 0 Å². The van der Waals surface area contributed by atoms with Crippen molar-refractivity contribution in [3.05, 3.63) is 36.5 Å². The van der Waals surface area contributed by atoms with Gasteiger partial charge in [-0.05, 0) is 56.2 Å². The molecule has 1 aliphatic heterocycles. The monoisotopic (exact) mass is 436 g/mol. The van der Waals surface area contributed by atoms with Crippen molar-refractivity contribution < 1.29 is 9.53 Å². The SMILES string of the molecule is CC(C)(C)OC(=O)N1CCN(c2cc(-c3ccc4nc(N)nc(NN)c4c3)ccn2)CC1. The summed E-state index contributed by atoms with van der Waals surface area (Å²) in [5.41, 5.74) is 10.5. The summed E-state index contributed by atoms with van der Waals surface area (Å²) in [4.78, 5) is 29.2. The quantitative estimate of drug-likeness (QED) is 0.418. The third kappa shape index (κ3) is 4.65. The molecular weight excluding hydrogens is 408 g/mol. The number of nitrogens with two attached hydrogens (primary N) is 2. The Labute approximate surface area is 186 Å². The van der Waals surface area contributed by atoms with E-state index in [1.165, 1.54) is 0 Å². The fraction of sp³-hybridized carbons (Fsp3) is 0.364. The van der Waals surface area contributed by atoms with Gasteiger partial charge in [-0.15, -0.1) is 0 Å². The third-order valence-corrected chi connectivity index (χ3v) is 5.18. The molecule has 168 valence electrons. The highest BCUT2D eigenvalue weighted by Gasteiger charge is 2.26. The van der Waals surface area contributed by atoms with Crippen LogP contribution < -0.4 is 21.9 Å². The maximum absolute atomic E-state index is 12.3. The minimum absolute atomic E-state index is 0.162. The summed E-state index contributed by atoms with van der Waals surface area (Å²) in [6, 6.07) is 9.84. The molecule has 3 aromatic rings. The molecule has 2 aromatic heterocycles. The number of carbonyl (C=O) groups is 1. The van der Waals surface area contributed by atoms with Crippen LogP contribution in [0.3, 0.4) is 0 Å². The Balaban J connectivity index is 1.52. The summed E-state index contributed by atoms with van der Waals surface area (Å²) in [6.45, 7) is 8.15. The Hall–Kier alpha value is -3.66. The van der Waals surface area contributed by atoms with Gasteiger partial charge in [0, 0.05) is 37.8 Å². The number of benzene rings is 1. The molecule has 3 heterocycles. The molecule has 0 aliphatic carbocycles. The van der Waals surface area contributed by atoms with Gasteiger partial charge in [-0.2, -0.15) is 4.98 Å². The number of nitrogens with one attached hydrogen (secondary N) is 1. The lowest BCUT2D eigenvalue weighted by molar-refractivity contribution is 0.0240. The van der Waals surface area contributed by atoms with Crippen molar-refractivity contribution in [3.8, 4) is 11.1 Å². The van der Waals surface area contributed by atoms with Crippen LogP contribution in [-0.4, -0.2) is 57.7 Å². The van der Waals surface area contributed by atoms with Gasteiger partial charge in [-0.25, -0.2) is 20.6 Å². The Morgan fingerprint density at radius 1 is 1.06 bits per heavy atom. The zero-order valence-electron chi connectivity index (χ0n) is 18.5. The van der Waals surface area contributed by atoms with Crippen molar-refractivity contribution in [2.24, 2.45) is 5.84 Å². The molecule has 0 spiro atoms. The largest absolute Gasteiger partial charge is 0.444 e. The second-order valence-corrected chi connectivity index (χ2v) is 8.66. The highest BCUT2D eigenvalue weighted by molar-refractivity contribution is 5.93. The van der Waals surface area contributed by atoms with E-state index in [4.69, 9.17) is 16.3 Å². The number of ether oxygens (including phenoxy) is 1. The molecule has 0 radical (unpaired) electrons. The van der Waals surface area contributed by atoms with Gasteiger partial charge in [0.05, 0.1) is 5.52 Å². The number of nitrogen functional groups attached to an aromatic ring is 2. The lowest BCUT2D eigenvalue weighted by Crippen LogP contribution is -2.50. The maximum atomic E-state index is 12.3. The molecule has 0 unspecified atom stereocenters. The van der Waals surface area contributed by atoms with Crippen LogP contribution in [0.5, 0.6) is 0 Å². The highest BCUT2D eigenvalue weighted by Crippen LogP contribution is 2.29. The molecule has 5 N–H and O–H groups in total. The molecule has 10 heteroatoms. The zero-order valence-corrected chi connectivity index (χ0v) is 18.5. The number of rotatable bonds is 3. The van der Waals surface area contributed by atoms with E-state index < -0.39 is 5.60 Å². The first-order valence-electron chi connectivity index (χ1n) is 10.5. The van der Waals surface area contributed by atoms with E-state index in [1.807, 2.05) is 51.1 Å². The predicted octanol–water partition coefficient (Wildman–Crippen LogP) is 2.62. The summed E-state index contributed by atoms with van der Waals surface area (Å²) < 4.78 is 5.48. The molecule has 1 saturated heterocycles. The average molecular weight is 437 g/mol. The molecule has 10 nitrogen and oxygen atoms in total. The van der Waals surface area contributed by atoms with E-state index in [1.54, 1.807) is 11.1 Å². The van der Waals surface area contributed by atoms with Crippen LogP contribution in [0.15, 0.2) is 36.5 Å². The minimum atomic E-state index is -0.500. The molecule has 1 amide bonds. The van der Waals surface area contributed by atoms with Gasteiger partial charge >= 0.3 is 6.09 Å². The molecular formula is C22H28N8O2. The van der Waals surface area contributed by atoms with Crippen molar-refractivity contribution in [2.45, 2.75) is 26.4 Å². The van der Waals surface area contributed by atoms with Crippen molar-refractivity contribution >= 4 is 34.6 Å².